The summed E-state index contributed by atoms with van der Waals surface area (Å²) in [5.74, 6) is 1.48. The highest BCUT2D eigenvalue weighted by Gasteiger charge is 2.12. The highest BCUT2D eigenvalue weighted by atomic mass is 19.1. The Morgan fingerprint density at radius 1 is 1.20 bits per heavy atom. The van der Waals surface area contributed by atoms with Crippen LogP contribution in [0.5, 0.6) is 0 Å². The molecule has 3 nitrogen and oxygen atoms in total. The molecule has 0 bridgehead atoms. The molecule has 2 atom stereocenters. The molecule has 0 aliphatic carbocycles. The van der Waals surface area contributed by atoms with Gasteiger partial charge in [0.2, 0.25) is 0 Å². The van der Waals surface area contributed by atoms with Gasteiger partial charge in [0.05, 0.1) is 12.6 Å². The van der Waals surface area contributed by atoms with Gasteiger partial charge < -0.3 is 14.8 Å². The van der Waals surface area contributed by atoms with Crippen molar-refractivity contribution in [2.45, 2.75) is 39.0 Å². The maximum Gasteiger partial charge on any atom is 0.123 e. The minimum atomic E-state index is -0.601. The summed E-state index contributed by atoms with van der Waals surface area (Å²) in [6, 6.07) is 9.94. The number of halogens is 1. The molecule has 2 N–H and O–H groups in total. The third-order valence-electron chi connectivity index (χ3n) is 3.25. The SMILES string of the molecule is Cc1ccc(CN[C@H](C)C[C@H](O)c2ccc(F)cc2)o1. The van der Waals surface area contributed by atoms with E-state index in [2.05, 4.69) is 5.32 Å². The average Bonchev–Trinajstić information content (AvgIpc) is 2.83. The van der Waals surface area contributed by atoms with Gasteiger partial charge >= 0.3 is 0 Å². The highest BCUT2D eigenvalue weighted by molar-refractivity contribution is 5.18. The Morgan fingerprint density at radius 3 is 2.50 bits per heavy atom. The molecule has 0 aliphatic rings. The van der Waals surface area contributed by atoms with Gasteiger partial charge in [-0.1, -0.05) is 12.1 Å². The molecule has 4 heteroatoms. The summed E-state index contributed by atoms with van der Waals surface area (Å²) >= 11 is 0. The molecule has 1 heterocycles. The monoisotopic (exact) mass is 277 g/mol. The Bertz CT molecular complexity index is 536. The summed E-state index contributed by atoms with van der Waals surface area (Å²) in [6.45, 7) is 4.54. The number of benzene rings is 1. The molecular formula is C16H20FNO2. The van der Waals surface area contributed by atoms with Crippen LogP contribution in [0.4, 0.5) is 4.39 Å². The van der Waals surface area contributed by atoms with Gasteiger partial charge in [-0.3, -0.25) is 0 Å². The maximum atomic E-state index is 12.8. The van der Waals surface area contributed by atoms with E-state index < -0.39 is 6.10 Å². The number of hydrogen-bond donors (Lipinski definition) is 2. The number of nitrogens with one attached hydrogen (secondary N) is 1. The summed E-state index contributed by atoms with van der Waals surface area (Å²) in [7, 11) is 0. The summed E-state index contributed by atoms with van der Waals surface area (Å²) in [5.41, 5.74) is 0.730. The summed E-state index contributed by atoms with van der Waals surface area (Å²) < 4.78 is 18.3. The zero-order valence-electron chi connectivity index (χ0n) is 11.8. The van der Waals surface area contributed by atoms with Crippen molar-refractivity contribution in [3.05, 3.63) is 59.3 Å². The zero-order valence-corrected chi connectivity index (χ0v) is 11.8. The Balaban J connectivity index is 1.81. The smallest absolute Gasteiger partial charge is 0.123 e. The number of rotatable bonds is 6. The third-order valence-corrected chi connectivity index (χ3v) is 3.25. The van der Waals surface area contributed by atoms with Crippen LogP contribution in [0.3, 0.4) is 0 Å². The Morgan fingerprint density at radius 2 is 1.90 bits per heavy atom. The summed E-state index contributed by atoms with van der Waals surface area (Å²) in [5, 5.41) is 13.4. The summed E-state index contributed by atoms with van der Waals surface area (Å²) in [4.78, 5) is 0. The largest absolute Gasteiger partial charge is 0.465 e. The van der Waals surface area contributed by atoms with Crippen LogP contribution >= 0.6 is 0 Å². The first-order chi connectivity index (χ1) is 9.54. The predicted octanol–water partition coefficient (Wildman–Crippen LogP) is 3.33. The molecular weight excluding hydrogens is 257 g/mol. The average molecular weight is 277 g/mol. The number of aliphatic hydroxyl groups is 1. The molecule has 0 fully saturated rings. The van der Waals surface area contributed by atoms with E-state index in [1.807, 2.05) is 26.0 Å². The van der Waals surface area contributed by atoms with E-state index in [-0.39, 0.29) is 11.9 Å². The molecule has 0 saturated carbocycles. The van der Waals surface area contributed by atoms with Crippen molar-refractivity contribution in [1.29, 1.82) is 0 Å². The van der Waals surface area contributed by atoms with Crippen molar-refractivity contribution < 1.29 is 13.9 Å². The lowest BCUT2D eigenvalue weighted by atomic mass is 10.0. The molecule has 20 heavy (non-hydrogen) atoms. The number of hydrogen-bond acceptors (Lipinski definition) is 3. The minimum absolute atomic E-state index is 0.125. The lowest BCUT2D eigenvalue weighted by molar-refractivity contribution is 0.153. The Kier molecular flexibility index (Phi) is 4.93. The second kappa shape index (κ2) is 6.68. The highest BCUT2D eigenvalue weighted by Crippen LogP contribution is 2.18. The first kappa shape index (κ1) is 14.8. The molecule has 2 aromatic rings. The molecule has 0 unspecified atom stereocenters. The minimum Gasteiger partial charge on any atom is -0.465 e. The second-order valence-electron chi connectivity index (χ2n) is 5.10. The standard InChI is InChI=1S/C16H20FNO2/c1-11(18-10-15-8-3-12(2)20-15)9-16(19)13-4-6-14(17)7-5-13/h3-8,11,16,18-19H,9-10H2,1-2H3/t11-,16+/m1/s1. The summed E-state index contributed by atoms with van der Waals surface area (Å²) in [6.07, 6.45) is -0.0397. The number of furan rings is 1. The van der Waals surface area contributed by atoms with E-state index in [4.69, 9.17) is 4.42 Å². The van der Waals surface area contributed by atoms with E-state index in [9.17, 15) is 9.50 Å². The lowest BCUT2D eigenvalue weighted by Gasteiger charge is -2.17. The molecule has 1 aromatic carbocycles. The first-order valence-corrected chi connectivity index (χ1v) is 6.77. The number of aryl methyl sites for hydroxylation is 1. The van der Waals surface area contributed by atoms with Crippen LogP contribution in [0.15, 0.2) is 40.8 Å². The predicted molar refractivity (Wildman–Crippen MR) is 75.7 cm³/mol. The van der Waals surface area contributed by atoms with E-state index >= 15 is 0 Å². The van der Waals surface area contributed by atoms with Crippen LogP contribution in [0, 0.1) is 12.7 Å². The third kappa shape index (κ3) is 4.18. The van der Waals surface area contributed by atoms with E-state index in [0.29, 0.717) is 13.0 Å². The quantitative estimate of drug-likeness (QED) is 0.851. The Labute approximate surface area is 118 Å². The van der Waals surface area contributed by atoms with Crippen LogP contribution in [0.2, 0.25) is 0 Å². The van der Waals surface area contributed by atoms with E-state index in [1.54, 1.807) is 12.1 Å². The van der Waals surface area contributed by atoms with Gasteiger partial charge in [-0.15, -0.1) is 0 Å². The topological polar surface area (TPSA) is 45.4 Å². The van der Waals surface area contributed by atoms with Crippen LogP contribution in [-0.4, -0.2) is 11.1 Å². The second-order valence-corrected chi connectivity index (χ2v) is 5.10. The normalized spacial score (nSPS) is 14.2. The fourth-order valence-corrected chi connectivity index (χ4v) is 2.09. The zero-order chi connectivity index (χ0) is 14.5. The first-order valence-electron chi connectivity index (χ1n) is 6.77. The fourth-order valence-electron chi connectivity index (χ4n) is 2.09. The van der Waals surface area contributed by atoms with E-state index in [1.165, 1.54) is 12.1 Å². The van der Waals surface area contributed by atoms with Gasteiger partial charge in [0.25, 0.3) is 0 Å². The van der Waals surface area contributed by atoms with Crippen molar-refractivity contribution in [2.24, 2.45) is 0 Å². The van der Waals surface area contributed by atoms with Gasteiger partial charge in [-0.2, -0.15) is 0 Å². The molecule has 108 valence electrons. The van der Waals surface area contributed by atoms with Crippen molar-refractivity contribution in [2.75, 3.05) is 0 Å². The lowest BCUT2D eigenvalue weighted by Crippen LogP contribution is -2.27. The maximum absolute atomic E-state index is 12.8. The van der Waals surface area contributed by atoms with Crippen molar-refractivity contribution >= 4 is 0 Å². The van der Waals surface area contributed by atoms with Gasteiger partial charge in [0.15, 0.2) is 0 Å². The Hall–Kier alpha value is -1.65. The van der Waals surface area contributed by atoms with Gasteiger partial charge in [0.1, 0.15) is 17.3 Å². The van der Waals surface area contributed by atoms with Crippen molar-refractivity contribution in [1.82, 2.24) is 5.32 Å². The van der Waals surface area contributed by atoms with Gasteiger partial charge in [0, 0.05) is 6.04 Å². The van der Waals surface area contributed by atoms with Crippen molar-refractivity contribution in [3.8, 4) is 0 Å². The van der Waals surface area contributed by atoms with Crippen LogP contribution < -0.4 is 5.32 Å². The molecule has 2 rings (SSSR count). The number of aliphatic hydroxyl groups excluding tert-OH is 1. The van der Waals surface area contributed by atoms with Crippen LogP contribution in [0.25, 0.3) is 0 Å². The van der Waals surface area contributed by atoms with Crippen LogP contribution in [0.1, 0.15) is 36.5 Å². The fraction of sp³-hybridized carbons (Fsp3) is 0.375. The van der Waals surface area contributed by atoms with E-state index in [0.717, 1.165) is 17.1 Å². The van der Waals surface area contributed by atoms with Crippen molar-refractivity contribution in [3.63, 3.8) is 0 Å². The molecule has 0 radical (unpaired) electrons. The van der Waals surface area contributed by atoms with Crippen LogP contribution in [-0.2, 0) is 6.54 Å². The van der Waals surface area contributed by atoms with Gasteiger partial charge in [-0.25, -0.2) is 4.39 Å². The molecule has 0 saturated heterocycles. The molecule has 0 aliphatic heterocycles. The molecule has 0 spiro atoms. The molecule has 0 amide bonds. The van der Waals surface area contributed by atoms with Gasteiger partial charge in [-0.05, 0) is 50.1 Å². The molecule has 1 aromatic heterocycles.